The minimum Gasteiger partial charge on any atom is -0.481 e. The van der Waals surface area contributed by atoms with E-state index >= 15 is 0 Å². The molecule has 0 saturated carbocycles. The van der Waals surface area contributed by atoms with E-state index < -0.39 is 5.97 Å². The van der Waals surface area contributed by atoms with Gasteiger partial charge in [-0.3, -0.25) is 9.59 Å². The van der Waals surface area contributed by atoms with Gasteiger partial charge in [0.25, 0.3) is 0 Å². The Bertz CT molecular complexity index is 497. The minimum atomic E-state index is -0.781. The third-order valence-corrected chi connectivity index (χ3v) is 3.34. The molecule has 1 amide bonds. The molecule has 1 aromatic rings. The fraction of sp³-hybridized carbons (Fsp3) is 0.375. The number of aliphatic carboxylic acids is 1. The quantitative estimate of drug-likeness (QED) is 0.724. The summed E-state index contributed by atoms with van der Waals surface area (Å²) < 4.78 is 0. The molecular weight excluding hydrogens is 290 g/mol. The molecule has 0 aromatic heterocycles. The maximum Gasteiger partial charge on any atom is 0.303 e. The zero-order valence-corrected chi connectivity index (χ0v) is 12.8. The first-order valence-corrected chi connectivity index (χ1v) is 7.28. The van der Waals surface area contributed by atoms with Gasteiger partial charge in [-0.05, 0) is 42.5 Å². The third kappa shape index (κ3) is 8.15. The summed E-state index contributed by atoms with van der Waals surface area (Å²) in [6, 6.07) is 7.20. The summed E-state index contributed by atoms with van der Waals surface area (Å²) in [5.41, 5.74) is 0.907. The molecular formula is C16H20ClNO3. The van der Waals surface area contributed by atoms with E-state index in [0.717, 1.165) is 12.0 Å². The van der Waals surface area contributed by atoms with Gasteiger partial charge in [0.15, 0.2) is 0 Å². The van der Waals surface area contributed by atoms with Crippen LogP contribution in [0.1, 0.15) is 31.7 Å². The highest BCUT2D eigenvalue weighted by Gasteiger charge is 2.05. The number of benzene rings is 1. The molecule has 1 unspecified atom stereocenters. The van der Waals surface area contributed by atoms with E-state index in [1.165, 1.54) is 6.08 Å². The molecule has 21 heavy (non-hydrogen) atoms. The second-order valence-electron chi connectivity index (χ2n) is 5.00. The van der Waals surface area contributed by atoms with Crippen molar-refractivity contribution < 1.29 is 14.7 Å². The second-order valence-corrected chi connectivity index (χ2v) is 5.44. The maximum atomic E-state index is 11.6. The number of amides is 1. The molecule has 0 bridgehead atoms. The Morgan fingerprint density at radius 2 is 1.95 bits per heavy atom. The van der Waals surface area contributed by atoms with E-state index in [2.05, 4.69) is 5.32 Å². The average molecular weight is 310 g/mol. The molecule has 114 valence electrons. The van der Waals surface area contributed by atoms with Crippen LogP contribution < -0.4 is 5.32 Å². The number of rotatable bonds is 8. The zero-order chi connectivity index (χ0) is 15.7. The number of carbonyl (C=O) groups is 2. The first-order valence-electron chi connectivity index (χ1n) is 6.90. The Morgan fingerprint density at radius 1 is 1.29 bits per heavy atom. The number of carboxylic acids is 1. The topological polar surface area (TPSA) is 66.4 Å². The minimum absolute atomic E-state index is 0.157. The highest BCUT2D eigenvalue weighted by atomic mass is 35.5. The molecule has 0 spiro atoms. The summed E-state index contributed by atoms with van der Waals surface area (Å²) in [6.07, 6.45) is 4.77. The van der Waals surface area contributed by atoms with Gasteiger partial charge in [0.05, 0.1) is 0 Å². The van der Waals surface area contributed by atoms with Crippen LogP contribution in [0.2, 0.25) is 5.02 Å². The Labute approximate surface area is 129 Å². The van der Waals surface area contributed by atoms with Gasteiger partial charge in [-0.1, -0.05) is 30.7 Å². The molecule has 0 saturated heterocycles. The standard InChI is InChI=1S/C16H20ClNO3/c1-12(2-9-16(20)21)10-11-18-15(19)8-5-13-3-6-14(17)7-4-13/h3-8,12H,2,9-11H2,1H3,(H,18,19)(H,20,21). The van der Waals surface area contributed by atoms with Crippen molar-refractivity contribution in [1.29, 1.82) is 0 Å². The normalized spacial score (nSPS) is 12.3. The SMILES string of the molecule is CC(CCNC(=O)C=Cc1ccc(Cl)cc1)CCC(=O)O. The van der Waals surface area contributed by atoms with Crippen molar-refractivity contribution in [2.75, 3.05) is 6.54 Å². The predicted molar refractivity (Wildman–Crippen MR) is 84.1 cm³/mol. The molecule has 4 nitrogen and oxygen atoms in total. The first-order chi connectivity index (χ1) is 9.97. The van der Waals surface area contributed by atoms with Crippen molar-refractivity contribution >= 4 is 29.6 Å². The number of hydrogen-bond donors (Lipinski definition) is 2. The average Bonchev–Trinajstić information content (AvgIpc) is 2.44. The molecule has 2 N–H and O–H groups in total. The Morgan fingerprint density at radius 3 is 2.57 bits per heavy atom. The van der Waals surface area contributed by atoms with Crippen LogP contribution in [0.15, 0.2) is 30.3 Å². The van der Waals surface area contributed by atoms with Crippen LogP contribution in [0.3, 0.4) is 0 Å². The van der Waals surface area contributed by atoms with E-state index in [1.54, 1.807) is 18.2 Å². The molecule has 0 aliphatic rings. The summed E-state index contributed by atoms with van der Waals surface area (Å²) in [5.74, 6) is -0.659. The molecule has 1 rings (SSSR count). The van der Waals surface area contributed by atoms with Gasteiger partial charge in [-0.25, -0.2) is 0 Å². The Kier molecular flexibility index (Phi) is 7.54. The van der Waals surface area contributed by atoms with Crippen LogP contribution in [0.25, 0.3) is 6.08 Å². The Balaban J connectivity index is 2.24. The van der Waals surface area contributed by atoms with E-state index in [-0.39, 0.29) is 18.2 Å². The van der Waals surface area contributed by atoms with E-state index in [1.807, 2.05) is 19.1 Å². The highest BCUT2D eigenvalue weighted by Crippen LogP contribution is 2.11. The molecule has 1 atom stereocenters. The van der Waals surface area contributed by atoms with Crippen molar-refractivity contribution in [3.8, 4) is 0 Å². The van der Waals surface area contributed by atoms with Crippen LogP contribution in [0.4, 0.5) is 0 Å². The lowest BCUT2D eigenvalue weighted by molar-refractivity contribution is -0.137. The summed E-state index contributed by atoms with van der Waals surface area (Å²) in [5, 5.41) is 12.0. The number of nitrogens with one attached hydrogen (secondary N) is 1. The van der Waals surface area contributed by atoms with Crippen LogP contribution in [0.5, 0.6) is 0 Å². The molecule has 1 aromatic carbocycles. The monoisotopic (exact) mass is 309 g/mol. The molecule has 0 radical (unpaired) electrons. The van der Waals surface area contributed by atoms with Crippen LogP contribution >= 0.6 is 11.6 Å². The lowest BCUT2D eigenvalue weighted by atomic mass is 10.0. The van der Waals surface area contributed by atoms with Gasteiger partial charge in [0.1, 0.15) is 0 Å². The number of halogens is 1. The lowest BCUT2D eigenvalue weighted by Gasteiger charge is -2.09. The smallest absolute Gasteiger partial charge is 0.303 e. The van der Waals surface area contributed by atoms with Crippen LogP contribution in [-0.4, -0.2) is 23.5 Å². The van der Waals surface area contributed by atoms with Gasteiger partial charge in [-0.15, -0.1) is 0 Å². The summed E-state index contributed by atoms with van der Waals surface area (Å²) in [6.45, 7) is 2.53. The maximum absolute atomic E-state index is 11.6. The van der Waals surface area contributed by atoms with Crippen molar-refractivity contribution in [3.63, 3.8) is 0 Å². The van der Waals surface area contributed by atoms with Crippen LogP contribution in [-0.2, 0) is 9.59 Å². The summed E-state index contributed by atoms with van der Waals surface area (Å²) in [4.78, 5) is 22.1. The van der Waals surface area contributed by atoms with Gasteiger partial charge in [-0.2, -0.15) is 0 Å². The van der Waals surface area contributed by atoms with Gasteiger partial charge in [0.2, 0.25) is 5.91 Å². The summed E-state index contributed by atoms with van der Waals surface area (Å²) >= 11 is 5.78. The third-order valence-electron chi connectivity index (χ3n) is 3.08. The van der Waals surface area contributed by atoms with Gasteiger partial charge < -0.3 is 10.4 Å². The van der Waals surface area contributed by atoms with E-state index in [0.29, 0.717) is 18.0 Å². The van der Waals surface area contributed by atoms with Crippen molar-refractivity contribution in [2.24, 2.45) is 5.92 Å². The van der Waals surface area contributed by atoms with Gasteiger partial charge >= 0.3 is 5.97 Å². The molecule has 0 aliphatic carbocycles. The zero-order valence-electron chi connectivity index (χ0n) is 12.0. The largest absolute Gasteiger partial charge is 0.481 e. The predicted octanol–water partition coefficient (Wildman–Crippen LogP) is 3.36. The van der Waals surface area contributed by atoms with Crippen molar-refractivity contribution in [1.82, 2.24) is 5.32 Å². The highest BCUT2D eigenvalue weighted by molar-refractivity contribution is 6.30. The van der Waals surface area contributed by atoms with Gasteiger partial charge in [0, 0.05) is 24.1 Å². The van der Waals surface area contributed by atoms with Crippen molar-refractivity contribution in [2.45, 2.75) is 26.2 Å². The number of carboxylic acid groups (broad SMARTS) is 1. The second kappa shape index (κ2) is 9.19. The lowest BCUT2D eigenvalue weighted by Crippen LogP contribution is -2.23. The van der Waals surface area contributed by atoms with E-state index in [9.17, 15) is 9.59 Å². The number of carbonyl (C=O) groups excluding carboxylic acids is 1. The van der Waals surface area contributed by atoms with Crippen LogP contribution in [0, 0.1) is 5.92 Å². The fourth-order valence-electron chi connectivity index (χ4n) is 1.76. The molecule has 5 heteroatoms. The number of hydrogen-bond acceptors (Lipinski definition) is 2. The fourth-order valence-corrected chi connectivity index (χ4v) is 1.89. The van der Waals surface area contributed by atoms with Crippen molar-refractivity contribution in [3.05, 3.63) is 40.9 Å². The molecule has 0 heterocycles. The Hall–Kier alpha value is -1.81. The molecule has 0 aliphatic heterocycles. The molecule has 0 fully saturated rings. The van der Waals surface area contributed by atoms with E-state index in [4.69, 9.17) is 16.7 Å². The first kappa shape index (κ1) is 17.2. The summed E-state index contributed by atoms with van der Waals surface area (Å²) in [7, 11) is 0.